The van der Waals surface area contributed by atoms with E-state index in [1.54, 1.807) is 80.6 Å². The van der Waals surface area contributed by atoms with E-state index in [0.717, 1.165) is 22.9 Å². The third-order valence-corrected chi connectivity index (χ3v) is 10.8. The number of carbonyl (C=O) groups excluding carboxylic acids is 5. The zero-order valence-corrected chi connectivity index (χ0v) is 36.8. The van der Waals surface area contributed by atoms with Gasteiger partial charge in [0.2, 0.25) is 0 Å². The van der Waals surface area contributed by atoms with E-state index in [1.807, 2.05) is 91.0 Å². The lowest BCUT2D eigenvalue weighted by Gasteiger charge is -2.46. The van der Waals surface area contributed by atoms with E-state index in [9.17, 15) is 24.0 Å². The van der Waals surface area contributed by atoms with Crippen LogP contribution in [0.2, 0.25) is 0 Å². The molecule has 1 N–H and O–H groups in total. The molecule has 1 aliphatic heterocycles. The van der Waals surface area contributed by atoms with Crippen LogP contribution in [0.4, 0.5) is 0 Å². The minimum absolute atomic E-state index is 0.0653. The van der Waals surface area contributed by atoms with Crippen LogP contribution in [0.1, 0.15) is 61.6 Å². The summed E-state index contributed by atoms with van der Waals surface area (Å²) in [6.45, 7) is 2.65. The molecule has 0 spiro atoms. The molecule has 6 aromatic carbocycles. The van der Waals surface area contributed by atoms with Gasteiger partial charge >= 0.3 is 29.8 Å². The van der Waals surface area contributed by atoms with Crippen molar-refractivity contribution in [2.75, 3.05) is 19.8 Å². The zero-order valence-electron chi connectivity index (χ0n) is 36.8. The second kappa shape index (κ2) is 22.8. The Labute approximate surface area is 388 Å². The molecular weight excluding hydrogens is 855 g/mol. The molecule has 7 rings (SSSR count). The molecule has 0 saturated carbocycles. The van der Waals surface area contributed by atoms with Crippen molar-refractivity contribution >= 4 is 29.8 Å². The van der Waals surface area contributed by atoms with Gasteiger partial charge in [0, 0.05) is 6.20 Å². The van der Waals surface area contributed by atoms with Crippen molar-refractivity contribution in [3.05, 3.63) is 227 Å². The summed E-state index contributed by atoms with van der Waals surface area (Å²) >= 11 is 0. The third kappa shape index (κ3) is 11.3. The molecule has 6 aromatic rings. The first-order valence-electron chi connectivity index (χ1n) is 21.8. The molecule has 67 heavy (non-hydrogen) atoms. The maximum atomic E-state index is 14.3. The van der Waals surface area contributed by atoms with Crippen LogP contribution in [-0.2, 0) is 48.3 Å². The second-order valence-corrected chi connectivity index (χ2v) is 15.1. The molecule has 1 heterocycles. The van der Waals surface area contributed by atoms with E-state index in [-0.39, 0.29) is 36.5 Å². The van der Waals surface area contributed by atoms with Crippen molar-refractivity contribution in [3.63, 3.8) is 0 Å². The van der Waals surface area contributed by atoms with Gasteiger partial charge in [-0.15, -0.1) is 0 Å². The predicted molar refractivity (Wildman–Crippen MR) is 245 cm³/mol. The van der Waals surface area contributed by atoms with Gasteiger partial charge in [-0.3, -0.25) is 0 Å². The van der Waals surface area contributed by atoms with Crippen LogP contribution in [0.5, 0.6) is 0 Å². The fraction of sp³-hybridized carbons (Fsp3) is 0.204. The first-order chi connectivity index (χ1) is 32.7. The normalized spacial score (nSPS) is 17.7. The van der Waals surface area contributed by atoms with E-state index in [2.05, 4.69) is 5.32 Å². The summed E-state index contributed by atoms with van der Waals surface area (Å²) in [6.07, 6.45) is -6.70. The van der Waals surface area contributed by atoms with Crippen molar-refractivity contribution in [3.8, 4) is 0 Å². The molecule has 0 radical (unpaired) electrons. The van der Waals surface area contributed by atoms with E-state index in [4.69, 9.17) is 33.2 Å². The summed E-state index contributed by atoms with van der Waals surface area (Å²) in [6, 6.07) is 52.9. The lowest BCUT2D eigenvalue weighted by atomic mass is 9.80. The number of hydrogen-bond donors (Lipinski definition) is 1. The maximum absolute atomic E-state index is 14.3. The van der Waals surface area contributed by atoms with E-state index in [0.29, 0.717) is 0 Å². The largest absolute Gasteiger partial charge is 0.462 e. The van der Waals surface area contributed by atoms with Gasteiger partial charge in [0.05, 0.1) is 36.5 Å². The molecule has 13 nitrogen and oxygen atoms in total. The molecule has 13 heteroatoms. The van der Waals surface area contributed by atoms with Crippen molar-refractivity contribution in [1.82, 2.24) is 5.32 Å². The van der Waals surface area contributed by atoms with Gasteiger partial charge in [-0.05, 0) is 66.9 Å². The topological polar surface area (TPSA) is 162 Å². The number of carbonyl (C=O) groups is 5. The lowest BCUT2D eigenvalue weighted by Crippen LogP contribution is -2.65. The van der Waals surface area contributed by atoms with Gasteiger partial charge in [-0.25, -0.2) is 24.0 Å². The van der Waals surface area contributed by atoms with Crippen molar-refractivity contribution < 1.29 is 57.1 Å². The monoisotopic (exact) mass is 903 g/mol. The fourth-order valence-corrected chi connectivity index (χ4v) is 7.65. The van der Waals surface area contributed by atoms with Crippen LogP contribution in [0.15, 0.2) is 194 Å². The Balaban J connectivity index is 1.41. The summed E-state index contributed by atoms with van der Waals surface area (Å²) < 4.78 is 43.3. The Bertz CT molecular complexity index is 2480. The van der Waals surface area contributed by atoms with Crippen molar-refractivity contribution in [1.29, 1.82) is 0 Å². The Morgan fingerprint density at radius 2 is 0.836 bits per heavy atom. The second-order valence-electron chi connectivity index (χ2n) is 15.1. The highest BCUT2D eigenvalue weighted by Gasteiger charge is 2.54. The third-order valence-electron chi connectivity index (χ3n) is 10.8. The molecule has 1 aliphatic rings. The molecular formula is C54H49NO12. The Morgan fingerprint density at radius 1 is 0.493 bits per heavy atom. The van der Waals surface area contributed by atoms with Crippen LogP contribution < -0.4 is 5.32 Å². The van der Waals surface area contributed by atoms with E-state index in [1.165, 1.54) is 24.3 Å². The van der Waals surface area contributed by atoms with Crippen LogP contribution in [0.3, 0.4) is 0 Å². The van der Waals surface area contributed by atoms with E-state index < -0.39 is 71.7 Å². The van der Waals surface area contributed by atoms with Crippen LogP contribution in [0, 0.1) is 0 Å². The number of nitrogens with one attached hydrogen (secondary N) is 1. The predicted octanol–water partition coefficient (Wildman–Crippen LogP) is 8.00. The van der Waals surface area contributed by atoms with Crippen LogP contribution in [-0.4, -0.2) is 80.3 Å². The number of ether oxygens (including phenoxy) is 7. The Morgan fingerprint density at radius 3 is 1.21 bits per heavy atom. The number of esters is 5. The number of rotatable bonds is 18. The number of benzene rings is 6. The smallest absolute Gasteiger partial charge is 0.347 e. The minimum Gasteiger partial charge on any atom is -0.462 e. The zero-order chi connectivity index (χ0) is 47.0. The molecule has 0 amide bonds. The van der Waals surface area contributed by atoms with Gasteiger partial charge in [-0.2, -0.15) is 0 Å². The highest BCUT2D eigenvalue weighted by atomic mass is 16.7. The molecule has 0 aliphatic carbocycles. The van der Waals surface area contributed by atoms with Gasteiger partial charge in [-0.1, -0.05) is 146 Å². The standard InChI is InChI=1S/C54H49NO12/c1-3-61-52(59)43(53(60)62-4-2)35-55-48-47(67-51(58)39-27-15-7-16-28-39)46(66-50(57)38-25-13-6-14-26-38)45(65-49(56)37-23-11-5-12-24-37)44(64-48)36-63-54(40-29-17-8-18-30-40,41-31-19-9-20-32-41)42-33-21-10-22-34-42/h5-35,44-48,55H,3-4,36H2,1-2H3/t44-,45+,46+,47-,48-/m1/s1. The molecule has 342 valence electrons. The fourth-order valence-electron chi connectivity index (χ4n) is 7.65. The molecule has 0 aromatic heterocycles. The molecule has 1 fully saturated rings. The average molecular weight is 904 g/mol. The lowest BCUT2D eigenvalue weighted by molar-refractivity contribution is -0.241. The van der Waals surface area contributed by atoms with Gasteiger partial charge in [0.25, 0.3) is 0 Å². The summed E-state index contributed by atoms with van der Waals surface area (Å²) in [5.41, 5.74) is 0.798. The van der Waals surface area contributed by atoms with E-state index >= 15 is 0 Å². The summed E-state index contributed by atoms with van der Waals surface area (Å²) in [4.78, 5) is 69.1. The molecule has 5 atom stereocenters. The quantitative estimate of drug-likeness (QED) is 0.0221. The Hall–Kier alpha value is -7.87. The first kappa shape index (κ1) is 47.1. The highest BCUT2D eigenvalue weighted by molar-refractivity contribution is 6.14. The van der Waals surface area contributed by atoms with Crippen molar-refractivity contribution in [2.24, 2.45) is 0 Å². The van der Waals surface area contributed by atoms with Gasteiger partial charge < -0.3 is 38.5 Å². The first-order valence-corrected chi connectivity index (χ1v) is 21.8. The Kier molecular flexibility index (Phi) is 16.1. The minimum atomic E-state index is -1.64. The maximum Gasteiger partial charge on any atom is 0.347 e. The van der Waals surface area contributed by atoms with Crippen molar-refractivity contribution in [2.45, 2.75) is 50.1 Å². The van der Waals surface area contributed by atoms with Crippen LogP contribution >= 0.6 is 0 Å². The summed E-state index contributed by atoms with van der Waals surface area (Å²) in [7, 11) is 0. The summed E-state index contributed by atoms with van der Waals surface area (Å²) in [5.74, 6) is -4.55. The molecule has 1 saturated heterocycles. The summed E-state index contributed by atoms with van der Waals surface area (Å²) in [5, 5.41) is 2.93. The average Bonchev–Trinajstić information content (AvgIpc) is 3.37. The highest BCUT2D eigenvalue weighted by Crippen LogP contribution is 2.42. The molecule has 0 bridgehead atoms. The van der Waals surface area contributed by atoms with Gasteiger partial charge in [0.15, 0.2) is 30.1 Å². The van der Waals surface area contributed by atoms with Crippen LogP contribution in [0.25, 0.3) is 0 Å². The van der Waals surface area contributed by atoms with Gasteiger partial charge in [0.1, 0.15) is 11.7 Å². The number of hydrogen-bond acceptors (Lipinski definition) is 13. The molecule has 0 unspecified atom stereocenters. The SMILES string of the molecule is CCOC(=O)C(=CN[C@@H]1O[C@H](COC(c2ccccc2)(c2ccccc2)c2ccccc2)[C@H](OC(=O)c2ccccc2)[C@H](OC(=O)c2ccccc2)[C@H]1OC(=O)c1ccccc1)C(=O)OCC.